The van der Waals surface area contributed by atoms with Gasteiger partial charge in [-0.15, -0.1) is 11.3 Å². The summed E-state index contributed by atoms with van der Waals surface area (Å²) < 4.78 is 0. The first-order chi connectivity index (χ1) is 12.1. The molecule has 1 atom stereocenters. The quantitative estimate of drug-likeness (QED) is 0.767. The van der Waals surface area contributed by atoms with Crippen LogP contribution in [0.2, 0.25) is 5.02 Å². The molecule has 0 N–H and O–H groups in total. The number of Topliss-reactive ketones (excluding diaryl/α,β-unsaturated/α-hetero) is 1. The molecule has 2 aliphatic heterocycles. The van der Waals surface area contributed by atoms with Crippen LogP contribution in [0.3, 0.4) is 0 Å². The van der Waals surface area contributed by atoms with Crippen molar-refractivity contribution in [3.63, 3.8) is 0 Å². The Kier molecular flexibility index (Phi) is 3.52. The minimum atomic E-state index is -0.450. The molecular weight excluding hydrogens is 356 g/mol. The topological polar surface area (TPSA) is 40.6 Å². The van der Waals surface area contributed by atoms with E-state index in [0.29, 0.717) is 34.9 Å². The highest BCUT2D eigenvalue weighted by Gasteiger charge is 2.43. The molecule has 3 aliphatic rings. The van der Waals surface area contributed by atoms with Gasteiger partial charge in [0, 0.05) is 22.5 Å². The summed E-state index contributed by atoms with van der Waals surface area (Å²) in [6.07, 6.45) is 3.50. The van der Waals surface area contributed by atoms with Gasteiger partial charge in [-0.2, -0.15) is 0 Å². The van der Waals surface area contributed by atoms with Crippen molar-refractivity contribution < 1.29 is 9.59 Å². The summed E-state index contributed by atoms with van der Waals surface area (Å²) in [5, 5.41) is 2.66. The maximum Gasteiger partial charge on any atom is 0.300 e. The van der Waals surface area contributed by atoms with E-state index < -0.39 is 11.7 Å². The predicted octanol–water partition coefficient (Wildman–Crippen LogP) is 3.90. The standard InChI is InChI=1S/C19H17ClN2O2S/c20-12-3-4-15-14(9-12)18(23)19(24)22(15)10-21-7-5-16-13(6-8-25-16)17(21)11-1-2-11/h3-4,6,8-9,11,17H,1-2,5,7,10H2/t17-/m1/s1. The molecule has 25 heavy (non-hydrogen) atoms. The van der Waals surface area contributed by atoms with Crippen LogP contribution in [0.1, 0.15) is 39.7 Å². The fraction of sp³-hybridized carbons (Fsp3) is 0.368. The second-order valence-electron chi connectivity index (χ2n) is 7.01. The van der Waals surface area contributed by atoms with Crippen molar-refractivity contribution in [2.75, 3.05) is 18.1 Å². The summed E-state index contributed by atoms with van der Waals surface area (Å²) in [4.78, 5) is 30.3. The second-order valence-corrected chi connectivity index (χ2v) is 8.45. The minimum Gasteiger partial charge on any atom is -0.291 e. The van der Waals surface area contributed by atoms with Gasteiger partial charge in [-0.25, -0.2) is 0 Å². The van der Waals surface area contributed by atoms with Crippen LogP contribution < -0.4 is 4.90 Å². The number of nitrogens with zero attached hydrogens (tertiary/aromatic N) is 2. The van der Waals surface area contributed by atoms with E-state index in [-0.39, 0.29) is 0 Å². The van der Waals surface area contributed by atoms with Gasteiger partial charge in [0.1, 0.15) is 0 Å². The Morgan fingerprint density at radius 3 is 2.84 bits per heavy atom. The van der Waals surface area contributed by atoms with Gasteiger partial charge in [0.15, 0.2) is 0 Å². The number of halogens is 1. The Balaban J connectivity index is 1.48. The molecule has 1 amide bonds. The maximum absolute atomic E-state index is 12.5. The lowest BCUT2D eigenvalue weighted by Gasteiger charge is -2.38. The molecule has 0 bridgehead atoms. The van der Waals surface area contributed by atoms with Gasteiger partial charge in [-0.1, -0.05) is 11.6 Å². The Morgan fingerprint density at radius 2 is 2.04 bits per heavy atom. The molecule has 4 nitrogen and oxygen atoms in total. The van der Waals surface area contributed by atoms with Crippen LogP contribution in [-0.2, 0) is 11.2 Å². The lowest BCUT2D eigenvalue weighted by Crippen LogP contribution is -2.45. The SMILES string of the molecule is O=C1C(=O)N(CN2CCc3sccc3[C@H]2C2CC2)c2ccc(Cl)cc21. The predicted molar refractivity (Wildman–Crippen MR) is 98.3 cm³/mol. The number of carbonyl (C=O) groups excluding carboxylic acids is 2. The number of hydrogen-bond donors (Lipinski definition) is 0. The molecule has 0 saturated heterocycles. The summed E-state index contributed by atoms with van der Waals surface area (Å²) in [5.74, 6) is -0.219. The van der Waals surface area contributed by atoms with E-state index in [1.807, 2.05) is 11.3 Å². The zero-order valence-corrected chi connectivity index (χ0v) is 15.1. The van der Waals surface area contributed by atoms with Gasteiger partial charge in [-0.05, 0) is 60.4 Å². The summed E-state index contributed by atoms with van der Waals surface area (Å²) in [6.45, 7) is 1.39. The summed E-state index contributed by atoms with van der Waals surface area (Å²) >= 11 is 7.84. The summed E-state index contributed by atoms with van der Waals surface area (Å²) in [6, 6.07) is 7.73. The number of rotatable bonds is 3. The van der Waals surface area contributed by atoms with E-state index >= 15 is 0 Å². The fourth-order valence-electron chi connectivity index (χ4n) is 4.12. The lowest BCUT2D eigenvalue weighted by atomic mass is 9.96. The second kappa shape index (κ2) is 5.66. The van der Waals surface area contributed by atoms with E-state index in [9.17, 15) is 9.59 Å². The van der Waals surface area contributed by atoms with Gasteiger partial charge in [-0.3, -0.25) is 19.4 Å². The van der Waals surface area contributed by atoms with Crippen molar-refractivity contribution in [2.45, 2.75) is 25.3 Å². The summed E-state index contributed by atoms with van der Waals surface area (Å²) in [5.41, 5.74) is 2.53. The molecule has 0 spiro atoms. The lowest BCUT2D eigenvalue weighted by molar-refractivity contribution is -0.114. The number of fused-ring (bicyclic) bond motifs is 2. The van der Waals surface area contributed by atoms with E-state index in [4.69, 9.17) is 11.6 Å². The minimum absolute atomic E-state index is 0.370. The Morgan fingerprint density at radius 1 is 1.20 bits per heavy atom. The third-order valence-corrected chi connectivity index (χ3v) is 6.67. The van der Waals surface area contributed by atoms with Crippen LogP contribution >= 0.6 is 22.9 Å². The van der Waals surface area contributed by atoms with Gasteiger partial charge < -0.3 is 0 Å². The number of amides is 1. The van der Waals surface area contributed by atoms with E-state index in [1.165, 1.54) is 23.3 Å². The van der Waals surface area contributed by atoms with E-state index in [0.717, 1.165) is 13.0 Å². The largest absolute Gasteiger partial charge is 0.300 e. The number of ketones is 1. The van der Waals surface area contributed by atoms with Gasteiger partial charge in [0.25, 0.3) is 5.78 Å². The molecule has 3 heterocycles. The summed E-state index contributed by atoms with van der Waals surface area (Å²) in [7, 11) is 0. The van der Waals surface area contributed by atoms with Crippen LogP contribution in [-0.4, -0.2) is 29.8 Å². The average molecular weight is 373 g/mol. The number of carbonyl (C=O) groups is 2. The molecule has 2 aromatic rings. The Hall–Kier alpha value is -1.69. The van der Waals surface area contributed by atoms with Crippen LogP contribution in [0.25, 0.3) is 0 Å². The first kappa shape index (κ1) is 15.6. The van der Waals surface area contributed by atoms with Crippen LogP contribution in [0.4, 0.5) is 5.69 Å². The molecule has 1 saturated carbocycles. The number of anilines is 1. The third-order valence-electron chi connectivity index (χ3n) is 5.44. The molecule has 1 aromatic heterocycles. The van der Waals surface area contributed by atoms with Gasteiger partial charge >= 0.3 is 5.91 Å². The Labute approximate surface area is 155 Å². The van der Waals surface area contributed by atoms with Crippen molar-refractivity contribution in [1.29, 1.82) is 0 Å². The molecule has 128 valence electrons. The highest BCUT2D eigenvalue weighted by molar-refractivity contribution is 7.10. The van der Waals surface area contributed by atoms with Crippen molar-refractivity contribution in [3.05, 3.63) is 50.7 Å². The molecule has 1 fully saturated rings. The van der Waals surface area contributed by atoms with Crippen LogP contribution in [0.15, 0.2) is 29.6 Å². The van der Waals surface area contributed by atoms with Crippen LogP contribution in [0.5, 0.6) is 0 Å². The first-order valence-electron chi connectivity index (χ1n) is 8.59. The number of benzene rings is 1. The van der Waals surface area contributed by atoms with E-state index in [1.54, 1.807) is 23.1 Å². The smallest absolute Gasteiger partial charge is 0.291 e. The first-order valence-corrected chi connectivity index (χ1v) is 9.85. The maximum atomic E-state index is 12.5. The highest BCUT2D eigenvalue weighted by atomic mass is 35.5. The zero-order valence-electron chi connectivity index (χ0n) is 13.6. The fourth-order valence-corrected chi connectivity index (χ4v) is 5.20. The molecule has 6 heteroatoms. The molecule has 1 aliphatic carbocycles. The van der Waals surface area contributed by atoms with Gasteiger partial charge in [0.05, 0.1) is 17.9 Å². The molecule has 0 unspecified atom stereocenters. The van der Waals surface area contributed by atoms with Crippen LogP contribution in [0, 0.1) is 5.92 Å². The monoisotopic (exact) mass is 372 g/mol. The number of hydrogen-bond acceptors (Lipinski definition) is 4. The number of thiophene rings is 1. The molecule has 5 rings (SSSR count). The average Bonchev–Trinajstić information content (AvgIpc) is 3.29. The van der Waals surface area contributed by atoms with Crippen molar-refractivity contribution in [2.24, 2.45) is 5.92 Å². The van der Waals surface area contributed by atoms with Crippen molar-refractivity contribution >= 4 is 40.3 Å². The molecular formula is C19H17ClN2O2S. The highest BCUT2D eigenvalue weighted by Crippen LogP contribution is 2.48. The molecule has 0 radical (unpaired) electrons. The zero-order chi connectivity index (χ0) is 17.1. The third kappa shape index (κ3) is 2.45. The normalized spacial score (nSPS) is 23.1. The van der Waals surface area contributed by atoms with Crippen molar-refractivity contribution in [1.82, 2.24) is 4.90 Å². The van der Waals surface area contributed by atoms with Crippen molar-refractivity contribution in [3.8, 4) is 0 Å². The van der Waals surface area contributed by atoms with Gasteiger partial charge in [0.2, 0.25) is 0 Å². The Bertz CT molecular complexity index is 889. The molecule has 1 aromatic carbocycles. The van der Waals surface area contributed by atoms with E-state index in [2.05, 4.69) is 16.3 Å².